The van der Waals surface area contributed by atoms with E-state index in [-0.39, 0.29) is 30.0 Å². The van der Waals surface area contributed by atoms with Crippen molar-refractivity contribution in [1.82, 2.24) is 15.6 Å². The summed E-state index contributed by atoms with van der Waals surface area (Å²) in [6, 6.07) is 6.38. The summed E-state index contributed by atoms with van der Waals surface area (Å²) in [5, 5.41) is 19.3. The molecule has 2 N–H and O–H groups in total. The molecule has 0 unspecified atom stereocenters. The lowest BCUT2D eigenvalue weighted by Crippen LogP contribution is -2.45. The summed E-state index contributed by atoms with van der Waals surface area (Å²) >= 11 is 1.30. The van der Waals surface area contributed by atoms with Gasteiger partial charge in [-0.05, 0) is 19.4 Å². The van der Waals surface area contributed by atoms with Crippen molar-refractivity contribution in [3.05, 3.63) is 45.5 Å². The van der Waals surface area contributed by atoms with Crippen molar-refractivity contribution < 1.29 is 9.72 Å². The molecule has 0 radical (unpaired) electrons. The third-order valence-electron chi connectivity index (χ3n) is 3.67. The molecule has 2 heterocycles. The van der Waals surface area contributed by atoms with Crippen LogP contribution in [0.3, 0.4) is 0 Å². The third-order valence-corrected chi connectivity index (χ3v) is 4.56. The zero-order valence-corrected chi connectivity index (χ0v) is 14.4. The number of thiazole rings is 1. The van der Waals surface area contributed by atoms with Gasteiger partial charge in [-0.2, -0.15) is 0 Å². The molecule has 0 aliphatic carbocycles. The second-order valence-corrected chi connectivity index (χ2v) is 6.22. The molecule has 2 aromatic rings. The number of aromatic nitrogens is 1. The minimum atomic E-state index is -0.444. The monoisotopic (exact) mass is 368 g/mol. The highest BCUT2D eigenvalue weighted by Crippen LogP contribution is 2.26. The molecule has 9 heteroatoms. The molecule has 1 saturated heterocycles. The van der Waals surface area contributed by atoms with Crippen LogP contribution in [0.15, 0.2) is 29.6 Å². The van der Waals surface area contributed by atoms with Crippen LogP contribution in [-0.4, -0.2) is 34.9 Å². The Labute approximate surface area is 149 Å². The van der Waals surface area contributed by atoms with Crippen molar-refractivity contribution in [2.24, 2.45) is 0 Å². The van der Waals surface area contributed by atoms with Gasteiger partial charge in [0.05, 0.1) is 4.92 Å². The summed E-state index contributed by atoms with van der Waals surface area (Å²) in [4.78, 5) is 26.9. The van der Waals surface area contributed by atoms with Crippen molar-refractivity contribution in [3.8, 4) is 10.6 Å². The van der Waals surface area contributed by atoms with Crippen molar-refractivity contribution in [1.29, 1.82) is 0 Å². The Morgan fingerprint density at radius 1 is 1.46 bits per heavy atom. The Bertz CT molecular complexity index is 731. The fourth-order valence-corrected chi connectivity index (χ4v) is 3.29. The molecule has 24 heavy (non-hydrogen) atoms. The van der Waals surface area contributed by atoms with E-state index in [1.807, 2.05) is 0 Å². The number of hydrogen-bond acceptors (Lipinski definition) is 6. The van der Waals surface area contributed by atoms with E-state index in [0.717, 1.165) is 25.9 Å². The van der Waals surface area contributed by atoms with E-state index in [2.05, 4.69) is 15.6 Å². The van der Waals surface area contributed by atoms with Crippen molar-refractivity contribution in [2.75, 3.05) is 13.1 Å². The van der Waals surface area contributed by atoms with Gasteiger partial charge >= 0.3 is 0 Å². The molecule has 1 aliphatic rings. The second-order valence-electron chi connectivity index (χ2n) is 5.36. The highest BCUT2D eigenvalue weighted by Gasteiger charge is 2.19. The van der Waals surface area contributed by atoms with Crippen LogP contribution in [0.1, 0.15) is 23.3 Å². The summed E-state index contributed by atoms with van der Waals surface area (Å²) in [6.45, 7) is 1.76. The summed E-state index contributed by atoms with van der Waals surface area (Å²) < 4.78 is 0. The number of rotatable bonds is 4. The molecule has 0 spiro atoms. The van der Waals surface area contributed by atoms with E-state index in [1.165, 1.54) is 23.5 Å². The largest absolute Gasteiger partial charge is 0.347 e. The molecule has 1 atom stereocenters. The molecule has 0 saturated carbocycles. The Morgan fingerprint density at radius 3 is 3.00 bits per heavy atom. The standard InChI is InChI=1S/C15H16N4O3S.ClH/c20-14(17-11-4-2-6-16-8-11)13-9-23-15(18-13)10-3-1-5-12(7-10)19(21)22;/h1,3,5,7,9,11,16H,2,4,6,8H2,(H,17,20);1H/t11-;/m0./s1. The van der Waals surface area contributed by atoms with Crippen LogP contribution in [0.25, 0.3) is 10.6 Å². The van der Waals surface area contributed by atoms with Crippen molar-refractivity contribution in [3.63, 3.8) is 0 Å². The van der Waals surface area contributed by atoms with Crippen LogP contribution in [-0.2, 0) is 0 Å². The summed E-state index contributed by atoms with van der Waals surface area (Å²) in [5.41, 5.74) is 1.00. The topological polar surface area (TPSA) is 97.2 Å². The lowest BCUT2D eigenvalue weighted by molar-refractivity contribution is -0.384. The number of nitrogens with one attached hydrogen (secondary N) is 2. The average molecular weight is 369 g/mol. The van der Waals surface area contributed by atoms with Gasteiger partial charge in [-0.15, -0.1) is 23.7 Å². The molecule has 128 valence electrons. The number of halogens is 1. The van der Waals surface area contributed by atoms with Crippen molar-refractivity contribution >= 4 is 35.3 Å². The lowest BCUT2D eigenvalue weighted by Gasteiger charge is -2.23. The minimum absolute atomic E-state index is 0. The van der Waals surface area contributed by atoms with Gasteiger partial charge in [0.2, 0.25) is 0 Å². The third kappa shape index (κ3) is 4.28. The number of non-ortho nitro benzene ring substituents is 1. The number of nitro groups is 1. The van der Waals surface area contributed by atoms with Gasteiger partial charge in [0, 0.05) is 35.7 Å². The maximum absolute atomic E-state index is 12.2. The zero-order valence-electron chi connectivity index (χ0n) is 12.7. The predicted octanol–water partition coefficient (Wildman–Crippen LogP) is 2.62. The van der Waals surface area contributed by atoms with Gasteiger partial charge in [-0.3, -0.25) is 14.9 Å². The first-order valence-electron chi connectivity index (χ1n) is 7.35. The number of amides is 1. The Kier molecular flexibility index (Phi) is 6.24. The van der Waals surface area contributed by atoms with Crippen LogP contribution in [0.2, 0.25) is 0 Å². The molecule has 7 nitrogen and oxygen atoms in total. The number of carbonyl (C=O) groups is 1. The first-order valence-corrected chi connectivity index (χ1v) is 8.23. The number of carbonyl (C=O) groups excluding carboxylic acids is 1. The van der Waals surface area contributed by atoms with Crippen LogP contribution in [0, 0.1) is 10.1 Å². The van der Waals surface area contributed by atoms with Crippen molar-refractivity contribution in [2.45, 2.75) is 18.9 Å². The highest BCUT2D eigenvalue weighted by atomic mass is 35.5. The predicted molar refractivity (Wildman–Crippen MR) is 94.8 cm³/mol. The minimum Gasteiger partial charge on any atom is -0.347 e. The number of piperidine rings is 1. The summed E-state index contributed by atoms with van der Waals surface area (Å²) in [7, 11) is 0. The fourth-order valence-electron chi connectivity index (χ4n) is 2.50. The Morgan fingerprint density at radius 2 is 2.29 bits per heavy atom. The van der Waals surface area contributed by atoms with Crippen LogP contribution in [0.5, 0.6) is 0 Å². The zero-order chi connectivity index (χ0) is 16.2. The number of nitro benzene ring substituents is 1. The maximum atomic E-state index is 12.2. The lowest BCUT2D eigenvalue weighted by atomic mass is 10.1. The SMILES string of the molecule is Cl.O=C(N[C@H]1CCCNC1)c1csc(-c2cccc([N+](=O)[O-])c2)n1. The number of benzene rings is 1. The summed E-state index contributed by atoms with van der Waals surface area (Å²) in [5.74, 6) is -0.202. The molecule has 1 amide bonds. The van der Waals surface area contributed by atoms with Crippen LogP contribution < -0.4 is 10.6 Å². The van der Waals surface area contributed by atoms with E-state index in [4.69, 9.17) is 0 Å². The van der Waals surface area contributed by atoms with E-state index in [1.54, 1.807) is 17.5 Å². The van der Waals surface area contributed by atoms with E-state index >= 15 is 0 Å². The smallest absolute Gasteiger partial charge is 0.271 e. The molecular formula is C15H17ClN4O3S. The highest BCUT2D eigenvalue weighted by molar-refractivity contribution is 7.13. The van der Waals surface area contributed by atoms with Gasteiger partial charge in [0.1, 0.15) is 10.7 Å². The van der Waals surface area contributed by atoms with Gasteiger partial charge < -0.3 is 10.6 Å². The molecule has 1 aromatic heterocycles. The van der Waals surface area contributed by atoms with Crippen LogP contribution in [0.4, 0.5) is 5.69 Å². The molecular weight excluding hydrogens is 352 g/mol. The molecule has 3 rings (SSSR count). The second kappa shape index (κ2) is 8.18. The van der Waals surface area contributed by atoms with Gasteiger partial charge in [-0.1, -0.05) is 12.1 Å². The van der Waals surface area contributed by atoms with E-state index < -0.39 is 4.92 Å². The first kappa shape index (κ1) is 18.3. The maximum Gasteiger partial charge on any atom is 0.271 e. The van der Waals surface area contributed by atoms with Gasteiger partial charge in [-0.25, -0.2) is 4.98 Å². The molecule has 1 aromatic carbocycles. The quantitative estimate of drug-likeness (QED) is 0.638. The van der Waals surface area contributed by atoms with Gasteiger partial charge in [0.25, 0.3) is 11.6 Å². The molecule has 1 fully saturated rings. The van der Waals surface area contributed by atoms with E-state index in [9.17, 15) is 14.9 Å². The van der Waals surface area contributed by atoms with Crippen LogP contribution >= 0.6 is 23.7 Å². The Balaban J connectivity index is 0.00000208. The summed E-state index contributed by atoms with van der Waals surface area (Å²) in [6.07, 6.45) is 2.00. The van der Waals surface area contributed by atoms with Gasteiger partial charge in [0.15, 0.2) is 0 Å². The first-order chi connectivity index (χ1) is 11.1. The number of nitrogens with zero attached hydrogens (tertiary/aromatic N) is 2. The normalized spacial score (nSPS) is 16.9. The fraction of sp³-hybridized carbons (Fsp3) is 0.333. The van der Waals surface area contributed by atoms with E-state index in [0.29, 0.717) is 16.3 Å². The Hall–Kier alpha value is -2.03. The molecule has 0 bridgehead atoms. The average Bonchev–Trinajstić information content (AvgIpc) is 3.06. The number of hydrogen-bond donors (Lipinski definition) is 2. The molecule has 1 aliphatic heterocycles.